The normalized spacial score (nSPS) is 18.0. The lowest BCUT2D eigenvalue weighted by Crippen LogP contribution is -2.30. The second-order valence-corrected chi connectivity index (χ2v) is 5.78. The minimum absolute atomic E-state index is 0.262. The van der Waals surface area contributed by atoms with Gasteiger partial charge in [0.05, 0.1) is 16.8 Å². The molecule has 1 fully saturated rings. The highest BCUT2D eigenvalue weighted by molar-refractivity contribution is 7.09. The largest absolute Gasteiger partial charge is 0.392 e. The van der Waals surface area contributed by atoms with E-state index in [2.05, 4.69) is 15.7 Å². The molecule has 1 saturated carbocycles. The number of thiazole rings is 1. The Bertz CT molecular complexity index is 334. The van der Waals surface area contributed by atoms with E-state index < -0.39 is 0 Å². The quantitative estimate of drug-likeness (QED) is 0.800. The summed E-state index contributed by atoms with van der Waals surface area (Å²) in [5.41, 5.74) is 1.11. The van der Waals surface area contributed by atoms with Crippen molar-refractivity contribution in [1.82, 2.24) is 10.3 Å². The second-order valence-electron chi connectivity index (χ2n) is 4.89. The number of nitrogens with one attached hydrogen (secondary N) is 1. The molecule has 1 aliphatic carbocycles. The molecule has 2 N–H and O–H groups in total. The van der Waals surface area contributed by atoms with Gasteiger partial charge in [0, 0.05) is 24.4 Å². The summed E-state index contributed by atoms with van der Waals surface area (Å²) < 4.78 is 0. The van der Waals surface area contributed by atoms with E-state index in [-0.39, 0.29) is 6.10 Å². The van der Waals surface area contributed by atoms with Crippen molar-refractivity contribution >= 4 is 11.3 Å². The Kier molecular flexibility index (Phi) is 3.95. The summed E-state index contributed by atoms with van der Waals surface area (Å²) in [5, 5.41) is 16.3. The molecule has 1 aromatic heterocycles. The smallest absolute Gasteiger partial charge is 0.0959 e. The van der Waals surface area contributed by atoms with Crippen molar-refractivity contribution in [3.63, 3.8) is 0 Å². The van der Waals surface area contributed by atoms with Gasteiger partial charge in [-0.05, 0) is 18.8 Å². The van der Waals surface area contributed by atoms with Crippen LogP contribution in [0.3, 0.4) is 0 Å². The molecule has 1 atom stereocenters. The summed E-state index contributed by atoms with van der Waals surface area (Å²) in [6.07, 6.45) is 2.36. The maximum Gasteiger partial charge on any atom is 0.0959 e. The Balaban J connectivity index is 1.72. The van der Waals surface area contributed by atoms with Crippen molar-refractivity contribution in [2.45, 2.75) is 45.3 Å². The molecule has 0 aromatic carbocycles. The standard InChI is InChI=1S/C12H20N2OS/c1-8(2)11(15)6-13-5-10-7-16-12(14-10)9-3-4-9/h7-9,11,13,15H,3-6H2,1-2H3. The number of aromatic nitrogens is 1. The molecule has 3 nitrogen and oxygen atoms in total. The van der Waals surface area contributed by atoms with Crippen LogP contribution in [0.15, 0.2) is 5.38 Å². The minimum Gasteiger partial charge on any atom is -0.392 e. The van der Waals surface area contributed by atoms with Gasteiger partial charge in [-0.3, -0.25) is 0 Å². The predicted octanol–water partition coefficient (Wildman–Crippen LogP) is 2.13. The summed E-state index contributed by atoms with van der Waals surface area (Å²) in [6, 6.07) is 0. The molecule has 2 rings (SSSR count). The number of aliphatic hydroxyl groups excluding tert-OH is 1. The topological polar surface area (TPSA) is 45.1 Å². The van der Waals surface area contributed by atoms with Gasteiger partial charge in [0.2, 0.25) is 0 Å². The third kappa shape index (κ3) is 3.27. The van der Waals surface area contributed by atoms with Crippen molar-refractivity contribution in [3.05, 3.63) is 16.1 Å². The highest BCUT2D eigenvalue weighted by Gasteiger charge is 2.26. The van der Waals surface area contributed by atoms with Crippen molar-refractivity contribution < 1.29 is 5.11 Å². The average molecular weight is 240 g/mol. The molecule has 0 radical (unpaired) electrons. The third-order valence-electron chi connectivity index (χ3n) is 2.93. The highest BCUT2D eigenvalue weighted by Crippen LogP contribution is 2.41. The number of rotatable bonds is 6. The Morgan fingerprint density at radius 3 is 2.94 bits per heavy atom. The van der Waals surface area contributed by atoms with E-state index in [9.17, 15) is 5.11 Å². The Morgan fingerprint density at radius 1 is 1.56 bits per heavy atom. The summed E-state index contributed by atoms with van der Waals surface area (Å²) >= 11 is 1.77. The molecule has 1 unspecified atom stereocenters. The van der Waals surface area contributed by atoms with Crippen LogP contribution in [0.2, 0.25) is 0 Å². The van der Waals surface area contributed by atoms with Gasteiger partial charge in [-0.1, -0.05) is 13.8 Å². The summed E-state index contributed by atoms with van der Waals surface area (Å²) in [6.45, 7) is 5.47. The lowest BCUT2D eigenvalue weighted by atomic mass is 10.1. The summed E-state index contributed by atoms with van der Waals surface area (Å²) in [4.78, 5) is 4.59. The minimum atomic E-state index is -0.262. The van der Waals surface area contributed by atoms with E-state index in [1.54, 1.807) is 11.3 Å². The average Bonchev–Trinajstić information content (AvgIpc) is 2.99. The van der Waals surface area contributed by atoms with Crippen molar-refractivity contribution in [3.8, 4) is 0 Å². The van der Waals surface area contributed by atoms with Crippen molar-refractivity contribution in [2.75, 3.05) is 6.54 Å². The van der Waals surface area contributed by atoms with E-state index in [0.717, 1.165) is 18.2 Å². The fourth-order valence-electron chi connectivity index (χ4n) is 1.51. The molecule has 0 aliphatic heterocycles. The Morgan fingerprint density at radius 2 is 2.31 bits per heavy atom. The Labute approximate surface area is 101 Å². The van der Waals surface area contributed by atoms with Crippen LogP contribution in [-0.4, -0.2) is 22.7 Å². The molecular formula is C12H20N2OS. The molecule has 1 aromatic rings. The zero-order valence-electron chi connectivity index (χ0n) is 9.94. The molecule has 0 spiro atoms. The van der Waals surface area contributed by atoms with Gasteiger partial charge in [-0.15, -0.1) is 11.3 Å². The second kappa shape index (κ2) is 5.25. The van der Waals surface area contributed by atoms with E-state index in [1.807, 2.05) is 13.8 Å². The molecule has 0 amide bonds. The highest BCUT2D eigenvalue weighted by atomic mass is 32.1. The molecule has 90 valence electrons. The number of hydrogen-bond donors (Lipinski definition) is 2. The van der Waals surface area contributed by atoms with Crippen LogP contribution in [0.1, 0.15) is 43.3 Å². The van der Waals surface area contributed by atoms with E-state index in [4.69, 9.17) is 0 Å². The van der Waals surface area contributed by atoms with Crippen LogP contribution in [-0.2, 0) is 6.54 Å². The third-order valence-corrected chi connectivity index (χ3v) is 3.98. The van der Waals surface area contributed by atoms with Crippen LogP contribution >= 0.6 is 11.3 Å². The first-order valence-electron chi connectivity index (χ1n) is 6.00. The fourth-order valence-corrected chi connectivity index (χ4v) is 2.50. The van der Waals surface area contributed by atoms with Crippen molar-refractivity contribution in [1.29, 1.82) is 0 Å². The van der Waals surface area contributed by atoms with Crippen LogP contribution < -0.4 is 5.32 Å². The molecule has 1 heterocycles. The first-order chi connectivity index (χ1) is 7.66. The SMILES string of the molecule is CC(C)C(O)CNCc1csc(C2CC2)n1. The molecule has 1 aliphatic rings. The summed E-state index contributed by atoms with van der Waals surface area (Å²) in [7, 11) is 0. The zero-order chi connectivity index (χ0) is 11.5. The van der Waals surface area contributed by atoms with Gasteiger partial charge in [0.1, 0.15) is 0 Å². The molecular weight excluding hydrogens is 220 g/mol. The number of nitrogens with zero attached hydrogens (tertiary/aromatic N) is 1. The molecule has 4 heteroatoms. The van der Waals surface area contributed by atoms with E-state index in [0.29, 0.717) is 12.5 Å². The van der Waals surface area contributed by atoms with Gasteiger partial charge in [-0.25, -0.2) is 4.98 Å². The van der Waals surface area contributed by atoms with Crippen LogP contribution in [0, 0.1) is 5.92 Å². The first-order valence-corrected chi connectivity index (χ1v) is 6.88. The van der Waals surface area contributed by atoms with Gasteiger partial charge >= 0.3 is 0 Å². The maximum atomic E-state index is 9.63. The maximum absolute atomic E-state index is 9.63. The monoisotopic (exact) mass is 240 g/mol. The lowest BCUT2D eigenvalue weighted by molar-refractivity contribution is 0.123. The van der Waals surface area contributed by atoms with Crippen LogP contribution in [0.25, 0.3) is 0 Å². The van der Waals surface area contributed by atoms with Gasteiger partial charge in [0.15, 0.2) is 0 Å². The summed E-state index contributed by atoms with van der Waals surface area (Å²) in [5.74, 6) is 1.06. The zero-order valence-corrected chi connectivity index (χ0v) is 10.8. The fraction of sp³-hybridized carbons (Fsp3) is 0.750. The molecule has 0 saturated heterocycles. The number of aliphatic hydroxyl groups is 1. The van der Waals surface area contributed by atoms with Crippen molar-refractivity contribution in [2.24, 2.45) is 5.92 Å². The van der Waals surface area contributed by atoms with E-state index >= 15 is 0 Å². The van der Waals surface area contributed by atoms with Gasteiger partial charge in [0.25, 0.3) is 0 Å². The van der Waals surface area contributed by atoms with Gasteiger partial charge in [-0.2, -0.15) is 0 Å². The first kappa shape index (κ1) is 12.0. The van der Waals surface area contributed by atoms with Crippen LogP contribution in [0.4, 0.5) is 0 Å². The van der Waals surface area contributed by atoms with Crippen LogP contribution in [0.5, 0.6) is 0 Å². The van der Waals surface area contributed by atoms with Gasteiger partial charge < -0.3 is 10.4 Å². The molecule has 0 bridgehead atoms. The lowest BCUT2D eigenvalue weighted by Gasteiger charge is -2.14. The molecule has 16 heavy (non-hydrogen) atoms. The Hall–Kier alpha value is -0.450. The predicted molar refractivity (Wildman–Crippen MR) is 66.6 cm³/mol. The van der Waals surface area contributed by atoms with E-state index in [1.165, 1.54) is 17.8 Å². The number of hydrogen-bond acceptors (Lipinski definition) is 4.